The minimum atomic E-state index is 1.02. The average Bonchev–Trinajstić information content (AvgIpc) is 2.82. The molecular formula is C14H25N. The van der Waals surface area contributed by atoms with Gasteiger partial charge in [0.1, 0.15) is 0 Å². The molecule has 0 aromatic carbocycles. The lowest BCUT2D eigenvalue weighted by molar-refractivity contribution is 0.121. The van der Waals surface area contributed by atoms with Gasteiger partial charge in [0.15, 0.2) is 0 Å². The summed E-state index contributed by atoms with van der Waals surface area (Å²) >= 11 is 0. The molecule has 0 aromatic rings. The van der Waals surface area contributed by atoms with Gasteiger partial charge in [-0.3, -0.25) is 0 Å². The predicted octanol–water partition coefficient (Wildman–Crippen LogP) is 3.06. The van der Waals surface area contributed by atoms with Crippen LogP contribution in [0.5, 0.6) is 0 Å². The Kier molecular flexibility index (Phi) is 2.76. The van der Waals surface area contributed by atoms with Crippen LogP contribution in [0.3, 0.4) is 0 Å². The van der Waals surface area contributed by atoms with Crippen molar-refractivity contribution < 1.29 is 0 Å². The van der Waals surface area contributed by atoms with E-state index in [9.17, 15) is 0 Å². The molecule has 3 rings (SSSR count). The summed E-state index contributed by atoms with van der Waals surface area (Å²) < 4.78 is 0. The Hall–Kier alpha value is -0.0400. The van der Waals surface area contributed by atoms with E-state index in [0.717, 1.165) is 29.6 Å². The molecule has 3 fully saturated rings. The molecule has 0 spiro atoms. The molecule has 1 nitrogen and oxygen atoms in total. The van der Waals surface area contributed by atoms with Crippen LogP contribution in [0, 0.1) is 29.6 Å². The van der Waals surface area contributed by atoms with E-state index in [0.29, 0.717) is 0 Å². The summed E-state index contributed by atoms with van der Waals surface area (Å²) in [5.74, 6) is 5.53. The zero-order valence-electron chi connectivity index (χ0n) is 10.0. The summed E-state index contributed by atoms with van der Waals surface area (Å²) in [6, 6.07) is 0. The molecule has 0 saturated heterocycles. The largest absolute Gasteiger partial charge is 0.319 e. The number of nitrogens with one attached hydrogen (secondary N) is 1. The first-order valence-corrected chi connectivity index (χ1v) is 7.01. The summed E-state index contributed by atoms with van der Waals surface area (Å²) in [5, 5.41) is 3.36. The Balaban J connectivity index is 1.49. The van der Waals surface area contributed by atoms with Crippen LogP contribution in [0.1, 0.15) is 44.9 Å². The van der Waals surface area contributed by atoms with Crippen molar-refractivity contribution in [3.63, 3.8) is 0 Å². The molecular weight excluding hydrogens is 182 g/mol. The molecule has 0 amide bonds. The lowest BCUT2D eigenvalue weighted by atomic mass is 9.67. The van der Waals surface area contributed by atoms with Gasteiger partial charge in [-0.05, 0) is 81.7 Å². The maximum absolute atomic E-state index is 3.36. The zero-order chi connectivity index (χ0) is 10.3. The summed E-state index contributed by atoms with van der Waals surface area (Å²) in [4.78, 5) is 0. The highest BCUT2D eigenvalue weighted by atomic mass is 14.8. The Morgan fingerprint density at radius 1 is 0.933 bits per heavy atom. The van der Waals surface area contributed by atoms with Gasteiger partial charge >= 0.3 is 0 Å². The van der Waals surface area contributed by atoms with E-state index in [2.05, 4.69) is 12.4 Å². The Morgan fingerprint density at radius 2 is 1.80 bits per heavy atom. The van der Waals surface area contributed by atoms with Gasteiger partial charge in [-0.15, -0.1) is 0 Å². The molecule has 5 unspecified atom stereocenters. The van der Waals surface area contributed by atoms with Gasteiger partial charge in [-0.25, -0.2) is 0 Å². The van der Waals surface area contributed by atoms with Crippen LogP contribution >= 0.6 is 0 Å². The summed E-state index contributed by atoms with van der Waals surface area (Å²) in [5.41, 5.74) is 0. The maximum atomic E-state index is 3.36. The van der Waals surface area contributed by atoms with Crippen molar-refractivity contribution >= 4 is 0 Å². The standard InChI is InChI=1S/C14H25N/c1-15-9-13-5-4-12(13)8-14-7-10-2-3-11(14)6-10/h10-15H,2-9H2,1H3. The molecule has 0 heterocycles. The fourth-order valence-corrected chi connectivity index (χ4v) is 4.53. The highest BCUT2D eigenvalue weighted by molar-refractivity contribution is 4.93. The molecule has 2 bridgehead atoms. The van der Waals surface area contributed by atoms with Crippen molar-refractivity contribution in [3.05, 3.63) is 0 Å². The second-order valence-corrected chi connectivity index (χ2v) is 6.33. The first-order valence-electron chi connectivity index (χ1n) is 7.01. The van der Waals surface area contributed by atoms with Crippen LogP contribution in [0.4, 0.5) is 0 Å². The molecule has 1 N–H and O–H groups in total. The van der Waals surface area contributed by atoms with Crippen molar-refractivity contribution in [1.29, 1.82) is 0 Å². The third-order valence-corrected chi connectivity index (χ3v) is 5.53. The highest BCUT2D eigenvalue weighted by Gasteiger charge is 2.42. The van der Waals surface area contributed by atoms with Crippen LogP contribution in [-0.4, -0.2) is 13.6 Å². The molecule has 5 atom stereocenters. The SMILES string of the molecule is CNCC1CCC1CC1CC2CCC1C2. The Bertz CT molecular complexity index is 225. The minimum Gasteiger partial charge on any atom is -0.319 e. The molecule has 86 valence electrons. The van der Waals surface area contributed by atoms with Gasteiger partial charge in [-0.1, -0.05) is 6.42 Å². The van der Waals surface area contributed by atoms with Gasteiger partial charge in [0.25, 0.3) is 0 Å². The number of fused-ring (bicyclic) bond motifs is 2. The van der Waals surface area contributed by atoms with E-state index in [1.165, 1.54) is 19.4 Å². The van der Waals surface area contributed by atoms with Gasteiger partial charge in [0, 0.05) is 0 Å². The van der Waals surface area contributed by atoms with Gasteiger partial charge < -0.3 is 5.32 Å². The van der Waals surface area contributed by atoms with Crippen LogP contribution in [0.2, 0.25) is 0 Å². The fraction of sp³-hybridized carbons (Fsp3) is 1.00. The monoisotopic (exact) mass is 207 g/mol. The van der Waals surface area contributed by atoms with Crippen LogP contribution < -0.4 is 5.32 Å². The third kappa shape index (κ3) is 1.84. The average molecular weight is 207 g/mol. The highest BCUT2D eigenvalue weighted by Crippen LogP contribution is 2.52. The lowest BCUT2D eigenvalue weighted by Gasteiger charge is -2.39. The van der Waals surface area contributed by atoms with E-state index >= 15 is 0 Å². The zero-order valence-corrected chi connectivity index (χ0v) is 10.0. The van der Waals surface area contributed by atoms with Gasteiger partial charge in [-0.2, -0.15) is 0 Å². The van der Waals surface area contributed by atoms with Gasteiger partial charge in [0.05, 0.1) is 0 Å². The molecule has 0 aromatic heterocycles. The van der Waals surface area contributed by atoms with Crippen LogP contribution in [-0.2, 0) is 0 Å². The van der Waals surface area contributed by atoms with E-state index in [-0.39, 0.29) is 0 Å². The van der Waals surface area contributed by atoms with E-state index in [1.54, 1.807) is 32.1 Å². The Labute approximate surface area is 94.0 Å². The van der Waals surface area contributed by atoms with Crippen molar-refractivity contribution in [3.8, 4) is 0 Å². The van der Waals surface area contributed by atoms with Crippen LogP contribution in [0.15, 0.2) is 0 Å². The third-order valence-electron chi connectivity index (χ3n) is 5.53. The smallest absolute Gasteiger partial charge is 0.00209 e. The number of hydrogen-bond acceptors (Lipinski definition) is 1. The van der Waals surface area contributed by atoms with E-state index < -0.39 is 0 Å². The molecule has 15 heavy (non-hydrogen) atoms. The van der Waals surface area contributed by atoms with Crippen LogP contribution in [0.25, 0.3) is 0 Å². The second kappa shape index (κ2) is 4.08. The van der Waals surface area contributed by atoms with Gasteiger partial charge in [0.2, 0.25) is 0 Å². The van der Waals surface area contributed by atoms with Crippen molar-refractivity contribution in [2.24, 2.45) is 29.6 Å². The molecule has 3 aliphatic rings. The number of hydrogen-bond donors (Lipinski definition) is 1. The van der Waals surface area contributed by atoms with Crippen molar-refractivity contribution in [1.82, 2.24) is 5.32 Å². The normalized spacial score (nSPS) is 48.2. The Morgan fingerprint density at radius 3 is 2.33 bits per heavy atom. The molecule has 0 aliphatic heterocycles. The summed E-state index contributed by atoms with van der Waals surface area (Å²) in [6.45, 7) is 1.27. The number of rotatable bonds is 4. The van der Waals surface area contributed by atoms with E-state index in [4.69, 9.17) is 0 Å². The molecule has 0 radical (unpaired) electrons. The topological polar surface area (TPSA) is 12.0 Å². The maximum Gasteiger partial charge on any atom is -0.00209 e. The van der Waals surface area contributed by atoms with Crippen molar-refractivity contribution in [2.45, 2.75) is 44.9 Å². The molecule has 3 saturated carbocycles. The lowest BCUT2D eigenvalue weighted by Crippen LogP contribution is -2.35. The summed E-state index contributed by atoms with van der Waals surface area (Å²) in [7, 11) is 2.10. The predicted molar refractivity (Wildman–Crippen MR) is 63.7 cm³/mol. The quantitative estimate of drug-likeness (QED) is 0.747. The summed E-state index contributed by atoms with van der Waals surface area (Å²) in [6.07, 6.45) is 10.9. The van der Waals surface area contributed by atoms with E-state index in [1.807, 2.05) is 0 Å². The second-order valence-electron chi connectivity index (χ2n) is 6.33. The fourth-order valence-electron chi connectivity index (χ4n) is 4.53. The first-order chi connectivity index (χ1) is 7.36. The minimum absolute atomic E-state index is 1.02. The van der Waals surface area contributed by atoms with Crippen molar-refractivity contribution in [2.75, 3.05) is 13.6 Å². The molecule has 1 heteroatoms. The first kappa shape index (κ1) is 10.1. The molecule has 3 aliphatic carbocycles.